The Labute approximate surface area is 144 Å². The maximum atomic E-state index is 13.1. The first kappa shape index (κ1) is 17.3. The van der Waals surface area contributed by atoms with Gasteiger partial charge in [0.05, 0.1) is 26.5 Å². The van der Waals surface area contributed by atoms with Gasteiger partial charge in [0.15, 0.2) is 11.6 Å². The molecule has 22 heavy (non-hydrogen) atoms. The van der Waals surface area contributed by atoms with Crippen molar-refractivity contribution in [1.29, 1.82) is 0 Å². The zero-order valence-corrected chi connectivity index (χ0v) is 13.9. The third kappa shape index (κ3) is 4.49. The maximum absolute atomic E-state index is 13.1. The molecule has 0 spiro atoms. The molecule has 0 heterocycles. The molecule has 116 valence electrons. The van der Waals surface area contributed by atoms with E-state index >= 15 is 0 Å². The van der Waals surface area contributed by atoms with Gasteiger partial charge in [0.25, 0.3) is 0 Å². The molecule has 0 aliphatic rings. The highest BCUT2D eigenvalue weighted by atomic mass is 35.5. The lowest BCUT2D eigenvalue weighted by molar-refractivity contribution is -0.113. The molecule has 0 aliphatic carbocycles. The van der Waals surface area contributed by atoms with Crippen molar-refractivity contribution < 1.29 is 13.6 Å². The molecule has 0 atom stereocenters. The highest BCUT2D eigenvalue weighted by molar-refractivity contribution is 8.00. The number of nitrogens with one attached hydrogen (secondary N) is 1. The van der Waals surface area contributed by atoms with E-state index in [4.69, 9.17) is 34.8 Å². The van der Waals surface area contributed by atoms with Crippen LogP contribution in [0.3, 0.4) is 0 Å². The lowest BCUT2D eigenvalue weighted by atomic mass is 10.3. The fourth-order valence-corrected chi connectivity index (χ4v) is 2.84. The molecule has 0 bridgehead atoms. The molecule has 1 amide bonds. The molecule has 0 unspecified atom stereocenters. The quantitative estimate of drug-likeness (QED) is 0.546. The highest BCUT2D eigenvalue weighted by Crippen LogP contribution is 2.32. The summed E-state index contributed by atoms with van der Waals surface area (Å²) >= 11 is 18.7. The summed E-state index contributed by atoms with van der Waals surface area (Å²) in [6, 6.07) is 6.28. The van der Waals surface area contributed by atoms with Gasteiger partial charge in [-0.05, 0) is 30.3 Å². The fourth-order valence-electron chi connectivity index (χ4n) is 1.52. The normalized spacial score (nSPS) is 10.6. The molecule has 2 rings (SSSR count). The van der Waals surface area contributed by atoms with Crippen LogP contribution in [-0.4, -0.2) is 11.7 Å². The molecule has 2 aromatic rings. The summed E-state index contributed by atoms with van der Waals surface area (Å²) in [7, 11) is 0. The minimum absolute atomic E-state index is 0.00163. The van der Waals surface area contributed by atoms with E-state index in [2.05, 4.69) is 5.32 Å². The van der Waals surface area contributed by atoms with E-state index in [1.165, 1.54) is 18.2 Å². The fraction of sp³-hybridized carbons (Fsp3) is 0.0714. The van der Waals surface area contributed by atoms with E-state index in [9.17, 15) is 13.6 Å². The zero-order chi connectivity index (χ0) is 16.3. The van der Waals surface area contributed by atoms with Crippen molar-refractivity contribution in [3.05, 3.63) is 57.0 Å². The van der Waals surface area contributed by atoms with Crippen LogP contribution in [0.5, 0.6) is 0 Å². The number of carbonyl (C=O) groups is 1. The molecular formula is C14H8Cl3F2NOS. The number of hydrogen-bond donors (Lipinski definition) is 1. The van der Waals surface area contributed by atoms with E-state index in [0.717, 1.165) is 23.9 Å². The molecule has 0 aliphatic heterocycles. The van der Waals surface area contributed by atoms with Crippen molar-refractivity contribution in [2.24, 2.45) is 0 Å². The Morgan fingerprint density at radius 1 is 1.00 bits per heavy atom. The van der Waals surface area contributed by atoms with Crippen LogP contribution in [0.4, 0.5) is 14.5 Å². The van der Waals surface area contributed by atoms with Crippen LogP contribution in [0.2, 0.25) is 15.1 Å². The number of hydrogen-bond acceptors (Lipinski definition) is 2. The summed E-state index contributed by atoms with van der Waals surface area (Å²) in [6.45, 7) is 0. The van der Waals surface area contributed by atoms with Crippen LogP contribution in [0, 0.1) is 11.6 Å². The van der Waals surface area contributed by atoms with Crippen LogP contribution < -0.4 is 5.32 Å². The summed E-state index contributed by atoms with van der Waals surface area (Å²) in [5.74, 6) is -2.26. The maximum Gasteiger partial charge on any atom is 0.234 e. The largest absolute Gasteiger partial charge is 0.324 e. The van der Waals surface area contributed by atoms with Crippen LogP contribution in [0.1, 0.15) is 0 Å². The molecule has 0 saturated heterocycles. The zero-order valence-electron chi connectivity index (χ0n) is 10.8. The van der Waals surface area contributed by atoms with E-state index in [1.807, 2.05) is 0 Å². The topological polar surface area (TPSA) is 29.1 Å². The first-order valence-corrected chi connectivity index (χ1v) is 8.01. The van der Waals surface area contributed by atoms with Crippen LogP contribution in [0.15, 0.2) is 35.2 Å². The minimum atomic E-state index is -0.960. The summed E-state index contributed by atoms with van der Waals surface area (Å²) < 4.78 is 25.9. The first-order valence-electron chi connectivity index (χ1n) is 5.89. The average Bonchev–Trinajstić information content (AvgIpc) is 2.46. The van der Waals surface area contributed by atoms with Crippen molar-refractivity contribution in [2.45, 2.75) is 4.90 Å². The Bertz CT molecular complexity index is 727. The Morgan fingerprint density at radius 2 is 1.68 bits per heavy atom. The molecule has 0 radical (unpaired) electrons. The van der Waals surface area contributed by atoms with E-state index in [1.54, 1.807) is 0 Å². The summed E-state index contributed by atoms with van der Waals surface area (Å²) in [5, 5.41) is 3.36. The summed E-state index contributed by atoms with van der Waals surface area (Å²) in [6.07, 6.45) is 0. The number of carbonyl (C=O) groups excluding carboxylic acids is 1. The molecule has 0 aromatic heterocycles. The molecule has 2 nitrogen and oxygen atoms in total. The molecular weight excluding hydrogens is 375 g/mol. The predicted molar refractivity (Wildman–Crippen MR) is 87.2 cm³/mol. The third-order valence-corrected chi connectivity index (χ3v) is 4.57. The molecule has 0 fully saturated rings. The van der Waals surface area contributed by atoms with Gasteiger partial charge >= 0.3 is 0 Å². The van der Waals surface area contributed by atoms with Gasteiger partial charge in [-0.25, -0.2) is 8.78 Å². The van der Waals surface area contributed by atoms with E-state index < -0.39 is 11.6 Å². The summed E-state index contributed by atoms with van der Waals surface area (Å²) in [5.41, 5.74) is 0.326. The first-order chi connectivity index (χ1) is 10.4. The van der Waals surface area contributed by atoms with Crippen molar-refractivity contribution in [3.63, 3.8) is 0 Å². The summed E-state index contributed by atoms with van der Waals surface area (Å²) in [4.78, 5) is 12.3. The monoisotopic (exact) mass is 381 g/mol. The van der Waals surface area contributed by atoms with Crippen molar-refractivity contribution in [1.82, 2.24) is 0 Å². The van der Waals surface area contributed by atoms with Gasteiger partial charge in [0.1, 0.15) is 0 Å². The van der Waals surface area contributed by atoms with Crippen molar-refractivity contribution >= 4 is 58.2 Å². The second-order valence-electron chi connectivity index (χ2n) is 4.16. The standard InChI is InChI=1S/C14H8Cl3F2NOS/c15-8-4-10(17)13(5-9(8)16)20-14(21)6-22-7-1-2-11(18)12(19)3-7/h1-5H,6H2,(H,20,21). The van der Waals surface area contributed by atoms with Gasteiger partial charge < -0.3 is 5.32 Å². The van der Waals surface area contributed by atoms with Gasteiger partial charge in [-0.15, -0.1) is 11.8 Å². The SMILES string of the molecule is O=C(CSc1ccc(F)c(F)c1)Nc1cc(Cl)c(Cl)cc1Cl. The number of amides is 1. The average molecular weight is 383 g/mol. The molecule has 8 heteroatoms. The molecule has 0 saturated carbocycles. The Morgan fingerprint density at radius 3 is 2.36 bits per heavy atom. The lowest BCUT2D eigenvalue weighted by Gasteiger charge is -2.08. The number of anilines is 1. The third-order valence-electron chi connectivity index (χ3n) is 2.55. The Kier molecular flexibility index (Phi) is 5.92. The van der Waals surface area contributed by atoms with Crippen LogP contribution in [-0.2, 0) is 4.79 Å². The van der Waals surface area contributed by atoms with Crippen molar-refractivity contribution in [3.8, 4) is 0 Å². The Hall–Kier alpha value is -1.01. The van der Waals surface area contributed by atoms with Crippen LogP contribution >= 0.6 is 46.6 Å². The Balaban J connectivity index is 1.98. The van der Waals surface area contributed by atoms with Gasteiger partial charge in [0.2, 0.25) is 5.91 Å². The number of benzene rings is 2. The smallest absolute Gasteiger partial charge is 0.234 e. The van der Waals surface area contributed by atoms with Gasteiger partial charge in [-0.3, -0.25) is 4.79 Å². The second-order valence-corrected chi connectivity index (χ2v) is 6.43. The van der Waals surface area contributed by atoms with Crippen LogP contribution in [0.25, 0.3) is 0 Å². The van der Waals surface area contributed by atoms with Gasteiger partial charge in [-0.1, -0.05) is 34.8 Å². The molecule has 2 aromatic carbocycles. The van der Waals surface area contributed by atoms with Gasteiger partial charge in [0, 0.05) is 4.90 Å². The van der Waals surface area contributed by atoms with E-state index in [0.29, 0.717) is 10.6 Å². The second kappa shape index (κ2) is 7.51. The van der Waals surface area contributed by atoms with Crippen molar-refractivity contribution in [2.75, 3.05) is 11.1 Å². The number of thioether (sulfide) groups is 1. The van der Waals surface area contributed by atoms with Gasteiger partial charge in [-0.2, -0.15) is 0 Å². The predicted octanol–water partition coefficient (Wildman–Crippen LogP) is 5.66. The lowest BCUT2D eigenvalue weighted by Crippen LogP contribution is -2.14. The molecule has 1 N–H and O–H groups in total. The number of halogens is 5. The van der Waals surface area contributed by atoms with E-state index in [-0.39, 0.29) is 26.7 Å². The minimum Gasteiger partial charge on any atom is -0.324 e. The number of rotatable bonds is 4. The highest BCUT2D eigenvalue weighted by Gasteiger charge is 2.10.